The summed E-state index contributed by atoms with van der Waals surface area (Å²) in [5.41, 5.74) is 6.65. The fourth-order valence-electron chi connectivity index (χ4n) is 5.03. The molecule has 0 radical (unpaired) electrons. The van der Waals surface area contributed by atoms with E-state index in [-0.39, 0.29) is 12.8 Å². The van der Waals surface area contributed by atoms with Gasteiger partial charge in [0.25, 0.3) is 0 Å². The predicted molar refractivity (Wildman–Crippen MR) is 172 cm³/mol. The first-order valence-corrected chi connectivity index (χ1v) is 14.5. The molecule has 0 atom stereocenters. The van der Waals surface area contributed by atoms with E-state index in [0.29, 0.717) is 43.5 Å². The molecule has 3 heterocycles. The molecule has 0 aliphatic carbocycles. The maximum absolute atomic E-state index is 12.8. The molecular weight excluding hydrogens is 556 g/mol. The summed E-state index contributed by atoms with van der Waals surface area (Å²) in [5, 5.41) is 6.42. The number of imidazole rings is 1. The van der Waals surface area contributed by atoms with Gasteiger partial charge >= 0.3 is 6.03 Å². The number of nitrogens with one attached hydrogen (secondary N) is 2. The molecule has 5 aromatic rings. The molecule has 2 aromatic heterocycles. The van der Waals surface area contributed by atoms with Crippen molar-refractivity contribution in [1.29, 1.82) is 0 Å². The number of aryl methyl sites for hydroxylation is 2. The highest BCUT2D eigenvalue weighted by molar-refractivity contribution is 5.89. The molecule has 0 saturated heterocycles. The zero-order chi connectivity index (χ0) is 30.6. The number of urea groups is 1. The molecule has 0 bridgehead atoms. The molecule has 226 valence electrons. The first-order valence-electron chi connectivity index (χ1n) is 14.5. The standard InChI is InChI=1S/C33H36N8O3/c1-22-7-5-9-25(15-22)19-41-20-35-29-30(34-18-24-11-12-27-28(17-24)44-21-43-27)37-32(38-31(29)41)39(3)13-14-40(4)33(42)36-26-10-6-8-23(2)16-26/h5-12,15-17,20H,13-14,18-19,21H2,1-4H3,(H,36,42)(H,34,37,38). The van der Waals surface area contributed by atoms with Crippen LogP contribution in [0.1, 0.15) is 22.3 Å². The molecule has 3 aromatic carbocycles. The molecular formula is C33H36N8O3. The maximum Gasteiger partial charge on any atom is 0.321 e. The maximum atomic E-state index is 12.8. The minimum Gasteiger partial charge on any atom is -0.454 e. The number of amides is 2. The van der Waals surface area contributed by atoms with Crippen molar-refractivity contribution in [3.05, 3.63) is 95.3 Å². The van der Waals surface area contributed by atoms with Gasteiger partial charge in [-0.15, -0.1) is 0 Å². The van der Waals surface area contributed by atoms with Gasteiger partial charge < -0.3 is 34.5 Å². The van der Waals surface area contributed by atoms with E-state index < -0.39 is 0 Å². The highest BCUT2D eigenvalue weighted by atomic mass is 16.7. The van der Waals surface area contributed by atoms with Gasteiger partial charge in [-0.1, -0.05) is 48.0 Å². The van der Waals surface area contributed by atoms with E-state index in [1.807, 2.05) is 65.9 Å². The van der Waals surface area contributed by atoms with E-state index in [0.717, 1.165) is 39.5 Å². The van der Waals surface area contributed by atoms with E-state index in [4.69, 9.17) is 24.4 Å². The summed E-state index contributed by atoms with van der Waals surface area (Å²) < 4.78 is 13.0. The van der Waals surface area contributed by atoms with Gasteiger partial charge in [-0.2, -0.15) is 9.97 Å². The van der Waals surface area contributed by atoms with Crippen molar-refractivity contribution in [2.24, 2.45) is 0 Å². The molecule has 0 unspecified atom stereocenters. The lowest BCUT2D eigenvalue weighted by Gasteiger charge is -2.23. The Balaban J connectivity index is 1.22. The lowest BCUT2D eigenvalue weighted by atomic mass is 10.1. The normalized spacial score (nSPS) is 11.9. The Morgan fingerprint density at radius 3 is 2.52 bits per heavy atom. The third-order valence-corrected chi connectivity index (χ3v) is 7.51. The van der Waals surface area contributed by atoms with Crippen LogP contribution in [-0.4, -0.2) is 64.4 Å². The molecule has 1 aliphatic heterocycles. The Hall–Kier alpha value is -5.32. The van der Waals surface area contributed by atoms with Gasteiger partial charge in [0.1, 0.15) is 0 Å². The Morgan fingerprint density at radius 1 is 0.909 bits per heavy atom. The lowest BCUT2D eigenvalue weighted by molar-refractivity contribution is 0.174. The third-order valence-electron chi connectivity index (χ3n) is 7.51. The largest absolute Gasteiger partial charge is 0.454 e. The van der Waals surface area contributed by atoms with Gasteiger partial charge in [-0.25, -0.2) is 9.78 Å². The average Bonchev–Trinajstić information content (AvgIpc) is 3.65. The van der Waals surface area contributed by atoms with Gasteiger partial charge in [-0.3, -0.25) is 0 Å². The smallest absolute Gasteiger partial charge is 0.321 e. The van der Waals surface area contributed by atoms with E-state index in [2.05, 4.69) is 41.8 Å². The van der Waals surface area contributed by atoms with Crippen molar-refractivity contribution in [2.75, 3.05) is 49.5 Å². The summed E-state index contributed by atoms with van der Waals surface area (Å²) in [6.45, 7) is 6.45. The topological polar surface area (TPSA) is 110 Å². The van der Waals surface area contributed by atoms with E-state index in [9.17, 15) is 4.79 Å². The Kier molecular flexibility index (Phi) is 8.18. The second-order valence-electron chi connectivity index (χ2n) is 11.1. The SMILES string of the molecule is Cc1cccc(Cn2cnc3c(NCc4ccc5c(c4)OCO5)nc(N(C)CCN(C)C(=O)Nc4cccc(C)c4)nc32)c1. The number of aromatic nitrogens is 4. The van der Waals surface area contributed by atoms with Crippen molar-refractivity contribution >= 4 is 34.6 Å². The Morgan fingerprint density at radius 2 is 1.70 bits per heavy atom. The molecule has 11 heteroatoms. The fourth-order valence-corrected chi connectivity index (χ4v) is 5.03. The van der Waals surface area contributed by atoms with Crippen LogP contribution in [0.25, 0.3) is 11.2 Å². The second kappa shape index (κ2) is 12.5. The highest BCUT2D eigenvalue weighted by Gasteiger charge is 2.18. The second-order valence-corrected chi connectivity index (χ2v) is 11.1. The summed E-state index contributed by atoms with van der Waals surface area (Å²) in [7, 11) is 3.70. The van der Waals surface area contributed by atoms with Crippen LogP contribution in [0.3, 0.4) is 0 Å². The lowest BCUT2D eigenvalue weighted by Crippen LogP contribution is -2.37. The van der Waals surface area contributed by atoms with Crippen LogP contribution >= 0.6 is 0 Å². The van der Waals surface area contributed by atoms with Gasteiger partial charge in [-0.05, 0) is 54.8 Å². The molecule has 2 amide bonds. The number of nitrogens with zero attached hydrogens (tertiary/aromatic N) is 6. The zero-order valence-corrected chi connectivity index (χ0v) is 25.4. The number of carbonyl (C=O) groups excluding carboxylic acids is 1. The predicted octanol–water partition coefficient (Wildman–Crippen LogP) is 5.43. The molecule has 0 fully saturated rings. The molecule has 11 nitrogen and oxygen atoms in total. The number of carbonyl (C=O) groups is 1. The van der Waals surface area contributed by atoms with E-state index in [1.54, 1.807) is 18.3 Å². The molecule has 1 aliphatic rings. The number of hydrogen-bond acceptors (Lipinski definition) is 8. The number of rotatable bonds is 10. The zero-order valence-electron chi connectivity index (χ0n) is 25.4. The third kappa shape index (κ3) is 6.51. The molecule has 0 spiro atoms. The minimum absolute atomic E-state index is 0.178. The van der Waals surface area contributed by atoms with Gasteiger partial charge in [0.2, 0.25) is 12.7 Å². The first-order chi connectivity index (χ1) is 21.3. The summed E-state index contributed by atoms with van der Waals surface area (Å²) >= 11 is 0. The van der Waals surface area contributed by atoms with Crippen molar-refractivity contribution in [1.82, 2.24) is 24.4 Å². The summed E-state index contributed by atoms with van der Waals surface area (Å²) in [4.78, 5) is 30.9. The number of benzene rings is 3. The van der Waals surface area contributed by atoms with Crippen molar-refractivity contribution in [3.8, 4) is 11.5 Å². The number of fused-ring (bicyclic) bond motifs is 2. The van der Waals surface area contributed by atoms with Crippen LogP contribution in [0.4, 0.5) is 22.2 Å². The quantitative estimate of drug-likeness (QED) is 0.221. The minimum atomic E-state index is -0.178. The van der Waals surface area contributed by atoms with Crippen LogP contribution < -0.4 is 25.0 Å². The van der Waals surface area contributed by atoms with Crippen LogP contribution in [0, 0.1) is 13.8 Å². The summed E-state index contributed by atoms with van der Waals surface area (Å²) in [6.07, 6.45) is 1.81. The van der Waals surface area contributed by atoms with Crippen molar-refractivity contribution in [2.45, 2.75) is 26.9 Å². The average molecular weight is 593 g/mol. The van der Waals surface area contributed by atoms with Gasteiger partial charge in [0.15, 0.2) is 28.5 Å². The molecule has 44 heavy (non-hydrogen) atoms. The van der Waals surface area contributed by atoms with Crippen molar-refractivity contribution < 1.29 is 14.3 Å². The van der Waals surface area contributed by atoms with Crippen LogP contribution in [-0.2, 0) is 13.1 Å². The fraction of sp³-hybridized carbons (Fsp3) is 0.273. The van der Waals surface area contributed by atoms with Gasteiger partial charge in [0.05, 0.1) is 12.9 Å². The van der Waals surface area contributed by atoms with E-state index >= 15 is 0 Å². The Labute approximate surface area is 256 Å². The monoisotopic (exact) mass is 592 g/mol. The molecule has 6 rings (SSSR count). The number of ether oxygens (including phenoxy) is 2. The van der Waals surface area contributed by atoms with Crippen LogP contribution in [0.5, 0.6) is 11.5 Å². The van der Waals surface area contributed by atoms with Gasteiger partial charge in [0, 0.05) is 39.4 Å². The van der Waals surface area contributed by atoms with Crippen LogP contribution in [0.2, 0.25) is 0 Å². The van der Waals surface area contributed by atoms with Crippen molar-refractivity contribution in [3.63, 3.8) is 0 Å². The van der Waals surface area contributed by atoms with E-state index in [1.165, 1.54) is 5.56 Å². The molecule has 2 N–H and O–H groups in total. The summed E-state index contributed by atoms with van der Waals surface area (Å²) in [6, 6.07) is 21.9. The number of hydrogen-bond donors (Lipinski definition) is 2. The number of anilines is 3. The highest BCUT2D eigenvalue weighted by Crippen LogP contribution is 2.33. The Bertz CT molecular complexity index is 1800. The van der Waals surface area contributed by atoms with Crippen LogP contribution in [0.15, 0.2) is 73.1 Å². The first kappa shape index (κ1) is 28.8. The summed E-state index contributed by atoms with van der Waals surface area (Å²) in [5.74, 6) is 2.64. The number of likely N-dealkylation sites (N-methyl/N-ethyl adjacent to an activating group) is 2. The molecule has 0 saturated carbocycles.